The van der Waals surface area contributed by atoms with E-state index in [1.165, 1.54) is 12.1 Å². The summed E-state index contributed by atoms with van der Waals surface area (Å²) in [4.78, 5) is 21.8. The lowest BCUT2D eigenvalue weighted by atomic mass is 10.3. The zero-order valence-corrected chi connectivity index (χ0v) is 14.2. The van der Waals surface area contributed by atoms with Crippen LogP contribution in [0.2, 0.25) is 0 Å². The van der Waals surface area contributed by atoms with Gasteiger partial charge >= 0.3 is 0 Å². The Hall–Kier alpha value is -3.62. The molecule has 3 N–H and O–H groups in total. The van der Waals surface area contributed by atoms with Gasteiger partial charge in [-0.1, -0.05) is 6.07 Å². The van der Waals surface area contributed by atoms with Gasteiger partial charge in [-0.3, -0.25) is 0 Å². The summed E-state index contributed by atoms with van der Waals surface area (Å²) in [6.45, 7) is 0. The third-order valence-electron chi connectivity index (χ3n) is 4.33. The van der Waals surface area contributed by atoms with E-state index in [1.807, 2.05) is 0 Å². The number of nitrogens with one attached hydrogen (secondary N) is 1. The number of aromatic nitrogens is 6. The molecule has 1 aliphatic carbocycles. The van der Waals surface area contributed by atoms with Crippen LogP contribution < -0.4 is 11.1 Å². The smallest absolute Gasteiger partial charge is 0.229 e. The molecule has 5 rings (SSSR count). The van der Waals surface area contributed by atoms with E-state index in [4.69, 9.17) is 5.73 Å². The molecule has 4 aromatic rings. The first-order chi connectivity index (χ1) is 13.2. The maximum Gasteiger partial charge on any atom is 0.229 e. The van der Waals surface area contributed by atoms with Gasteiger partial charge in [-0.05, 0) is 37.1 Å². The van der Waals surface area contributed by atoms with E-state index in [9.17, 15) is 4.39 Å². The molecule has 8 nitrogen and oxygen atoms in total. The molecule has 0 aliphatic heterocycles. The van der Waals surface area contributed by atoms with Crippen LogP contribution in [0.5, 0.6) is 0 Å². The van der Waals surface area contributed by atoms with Crippen LogP contribution in [0.1, 0.15) is 18.9 Å². The SMILES string of the molecule is Nc1nccc(-c2nc3cnc(Nc4cccc(F)c4)nc3n2C2CC2)n1. The lowest BCUT2D eigenvalue weighted by molar-refractivity contribution is 0.628. The van der Waals surface area contributed by atoms with Gasteiger partial charge < -0.3 is 15.6 Å². The number of halogens is 1. The van der Waals surface area contributed by atoms with Crippen LogP contribution in [-0.2, 0) is 0 Å². The topological polar surface area (TPSA) is 107 Å². The van der Waals surface area contributed by atoms with Gasteiger partial charge in [-0.15, -0.1) is 0 Å². The molecular weight excluding hydrogens is 347 g/mol. The predicted molar refractivity (Wildman–Crippen MR) is 98.7 cm³/mol. The third-order valence-corrected chi connectivity index (χ3v) is 4.33. The number of anilines is 3. The quantitative estimate of drug-likeness (QED) is 0.574. The predicted octanol–water partition coefficient (Wildman–Crippen LogP) is 3.08. The van der Waals surface area contributed by atoms with Gasteiger partial charge in [0.15, 0.2) is 11.5 Å². The van der Waals surface area contributed by atoms with Crippen LogP contribution in [0.25, 0.3) is 22.7 Å². The maximum absolute atomic E-state index is 13.4. The molecule has 1 aromatic carbocycles. The molecular formula is C18H15FN8. The molecule has 9 heteroatoms. The summed E-state index contributed by atoms with van der Waals surface area (Å²) in [5.74, 6) is 0.941. The van der Waals surface area contributed by atoms with Gasteiger partial charge in [0, 0.05) is 17.9 Å². The Morgan fingerprint density at radius 1 is 1.11 bits per heavy atom. The Bertz CT molecular complexity index is 1150. The minimum Gasteiger partial charge on any atom is -0.368 e. The van der Waals surface area contributed by atoms with Gasteiger partial charge in [-0.2, -0.15) is 4.98 Å². The van der Waals surface area contributed by atoms with Crippen LogP contribution in [0.3, 0.4) is 0 Å². The molecule has 0 unspecified atom stereocenters. The fraction of sp³-hybridized carbons (Fsp3) is 0.167. The third kappa shape index (κ3) is 2.92. The second kappa shape index (κ2) is 5.97. The number of nitrogens with two attached hydrogens (primary N) is 1. The zero-order valence-electron chi connectivity index (χ0n) is 14.2. The molecule has 0 spiro atoms. The fourth-order valence-corrected chi connectivity index (χ4v) is 3.00. The summed E-state index contributed by atoms with van der Waals surface area (Å²) in [5, 5.41) is 3.03. The van der Waals surface area contributed by atoms with E-state index in [2.05, 4.69) is 34.8 Å². The van der Waals surface area contributed by atoms with Crippen LogP contribution >= 0.6 is 0 Å². The first kappa shape index (κ1) is 15.6. The number of nitrogens with zero attached hydrogens (tertiary/aromatic N) is 6. The van der Waals surface area contributed by atoms with Gasteiger partial charge in [0.1, 0.15) is 17.0 Å². The Balaban J connectivity index is 1.61. The van der Waals surface area contributed by atoms with Crippen molar-refractivity contribution in [2.75, 3.05) is 11.1 Å². The van der Waals surface area contributed by atoms with Crippen molar-refractivity contribution in [3.63, 3.8) is 0 Å². The van der Waals surface area contributed by atoms with Crippen molar-refractivity contribution >= 4 is 28.7 Å². The number of benzene rings is 1. The normalized spacial score (nSPS) is 13.8. The number of imidazole rings is 1. The van der Waals surface area contributed by atoms with Crippen molar-refractivity contribution in [2.45, 2.75) is 18.9 Å². The van der Waals surface area contributed by atoms with E-state index < -0.39 is 0 Å². The zero-order chi connectivity index (χ0) is 18.4. The average molecular weight is 362 g/mol. The minimum atomic E-state index is -0.326. The molecule has 0 saturated heterocycles. The summed E-state index contributed by atoms with van der Waals surface area (Å²) in [5.41, 5.74) is 8.32. The molecule has 134 valence electrons. The summed E-state index contributed by atoms with van der Waals surface area (Å²) < 4.78 is 15.5. The van der Waals surface area contributed by atoms with Crippen LogP contribution in [0.15, 0.2) is 42.7 Å². The lowest BCUT2D eigenvalue weighted by Crippen LogP contribution is -2.03. The van der Waals surface area contributed by atoms with Crippen molar-refractivity contribution in [1.29, 1.82) is 0 Å². The minimum absolute atomic E-state index is 0.196. The van der Waals surface area contributed by atoms with Gasteiger partial charge in [0.2, 0.25) is 11.9 Å². The first-order valence-corrected chi connectivity index (χ1v) is 8.54. The van der Waals surface area contributed by atoms with Crippen LogP contribution in [0.4, 0.5) is 22.0 Å². The average Bonchev–Trinajstić information content (AvgIpc) is 3.42. The van der Waals surface area contributed by atoms with Crippen molar-refractivity contribution in [2.24, 2.45) is 0 Å². The van der Waals surface area contributed by atoms with E-state index in [-0.39, 0.29) is 11.8 Å². The Morgan fingerprint density at radius 2 is 2.00 bits per heavy atom. The number of hydrogen-bond donors (Lipinski definition) is 2. The summed E-state index contributed by atoms with van der Waals surface area (Å²) in [6, 6.07) is 8.25. The van der Waals surface area contributed by atoms with E-state index in [0.29, 0.717) is 40.4 Å². The van der Waals surface area contributed by atoms with Crippen molar-refractivity contribution in [3.05, 3.63) is 48.5 Å². The highest BCUT2D eigenvalue weighted by atomic mass is 19.1. The molecule has 1 aliphatic rings. The molecule has 0 amide bonds. The molecule has 27 heavy (non-hydrogen) atoms. The number of rotatable bonds is 4. The summed E-state index contributed by atoms with van der Waals surface area (Å²) in [7, 11) is 0. The number of fused-ring (bicyclic) bond motifs is 1. The molecule has 3 aromatic heterocycles. The molecule has 1 saturated carbocycles. The number of hydrogen-bond acceptors (Lipinski definition) is 7. The van der Waals surface area contributed by atoms with E-state index >= 15 is 0 Å². The summed E-state index contributed by atoms with van der Waals surface area (Å²) in [6.07, 6.45) is 5.36. The first-order valence-electron chi connectivity index (χ1n) is 8.54. The van der Waals surface area contributed by atoms with Gasteiger partial charge in [-0.25, -0.2) is 24.3 Å². The Labute approximate surface area is 153 Å². The van der Waals surface area contributed by atoms with Crippen molar-refractivity contribution in [1.82, 2.24) is 29.5 Å². The molecule has 0 radical (unpaired) electrons. The largest absolute Gasteiger partial charge is 0.368 e. The van der Waals surface area contributed by atoms with Crippen LogP contribution in [0, 0.1) is 5.82 Å². The molecule has 0 atom stereocenters. The fourth-order valence-electron chi connectivity index (χ4n) is 3.00. The van der Waals surface area contributed by atoms with Crippen LogP contribution in [-0.4, -0.2) is 29.5 Å². The molecule has 0 bridgehead atoms. The second-order valence-electron chi connectivity index (χ2n) is 6.37. The van der Waals surface area contributed by atoms with Crippen molar-refractivity contribution in [3.8, 4) is 11.5 Å². The highest BCUT2D eigenvalue weighted by Crippen LogP contribution is 2.40. The van der Waals surface area contributed by atoms with E-state index in [0.717, 1.165) is 12.8 Å². The number of nitrogen functional groups attached to an aromatic ring is 1. The van der Waals surface area contributed by atoms with Gasteiger partial charge in [0.25, 0.3) is 0 Å². The Morgan fingerprint density at radius 3 is 2.78 bits per heavy atom. The highest BCUT2D eigenvalue weighted by Gasteiger charge is 2.30. The van der Waals surface area contributed by atoms with Gasteiger partial charge in [0.05, 0.1) is 6.20 Å². The lowest BCUT2D eigenvalue weighted by Gasteiger charge is -2.08. The molecule has 1 fully saturated rings. The standard InChI is InChI=1S/C18H15FN8/c19-10-2-1-3-11(8-10)23-18-22-9-14-16(26-18)27(12-4-5-12)15(24-14)13-6-7-21-17(20)25-13/h1-3,6-9,12H,4-5H2,(H2,20,21,25)(H,22,23,26). The summed E-state index contributed by atoms with van der Waals surface area (Å²) >= 11 is 0. The monoisotopic (exact) mass is 362 g/mol. The molecule has 3 heterocycles. The van der Waals surface area contributed by atoms with Crippen molar-refractivity contribution < 1.29 is 4.39 Å². The second-order valence-corrected chi connectivity index (χ2v) is 6.37. The maximum atomic E-state index is 13.4. The highest BCUT2D eigenvalue weighted by molar-refractivity contribution is 5.77. The van der Waals surface area contributed by atoms with E-state index in [1.54, 1.807) is 30.6 Å². The Kier molecular flexibility index (Phi) is 3.46.